The van der Waals surface area contributed by atoms with Crippen molar-refractivity contribution in [3.63, 3.8) is 0 Å². The highest BCUT2D eigenvalue weighted by Gasteiger charge is 2.43. The van der Waals surface area contributed by atoms with E-state index >= 15 is 0 Å². The molecule has 2 rings (SSSR count). The van der Waals surface area contributed by atoms with E-state index in [1.807, 2.05) is 51.1 Å². The van der Waals surface area contributed by atoms with Crippen LogP contribution in [0.4, 0.5) is 4.79 Å². The van der Waals surface area contributed by atoms with Crippen molar-refractivity contribution in [3.05, 3.63) is 35.9 Å². The molecule has 8 heteroatoms. The molecule has 0 unspecified atom stereocenters. The fraction of sp³-hybridized carbons (Fsp3) is 0.640. The molecule has 33 heavy (non-hydrogen) atoms. The summed E-state index contributed by atoms with van der Waals surface area (Å²) in [6.07, 6.45) is 1.73. The fourth-order valence-corrected chi connectivity index (χ4v) is 4.74. The second-order valence-electron chi connectivity index (χ2n) is 11.0. The molecule has 0 spiro atoms. The lowest BCUT2D eigenvalue weighted by Gasteiger charge is -2.34. The van der Waals surface area contributed by atoms with Crippen molar-refractivity contribution in [2.24, 2.45) is 0 Å². The van der Waals surface area contributed by atoms with E-state index in [0.29, 0.717) is 26.0 Å². The number of amides is 1. The molecule has 1 aliphatic heterocycles. The van der Waals surface area contributed by atoms with E-state index < -0.39 is 31.9 Å². The summed E-state index contributed by atoms with van der Waals surface area (Å²) in [5, 5.41) is 2.90. The molecule has 1 saturated heterocycles. The van der Waals surface area contributed by atoms with E-state index in [2.05, 4.69) is 29.9 Å². The van der Waals surface area contributed by atoms with Gasteiger partial charge in [0.15, 0.2) is 0 Å². The summed E-state index contributed by atoms with van der Waals surface area (Å²) in [5.41, 5.74) is 0.467. The molecule has 1 aromatic rings. The van der Waals surface area contributed by atoms with E-state index in [4.69, 9.17) is 9.47 Å². The monoisotopic (exact) mass is 476 g/mol. The van der Waals surface area contributed by atoms with Gasteiger partial charge in [0.05, 0.1) is 12.6 Å². The van der Waals surface area contributed by atoms with Gasteiger partial charge >= 0.3 is 12.1 Å². The highest BCUT2D eigenvalue weighted by atomic mass is 28.3. The lowest BCUT2D eigenvalue weighted by atomic mass is 10.0. The first kappa shape index (κ1) is 27.1. The summed E-state index contributed by atoms with van der Waals surface area (Å²) in [6, 6.07) is 9.69. The molecule has 0 radical (unpaired) electrons. The zero-order chi connectivity index (χ0) is 24.6. The van der Waals surface area contributed by atoms with Crippen molar-refractivity contribution in [2.45, 2.75) is 96.0 Å². The Balaban J connectivity index is 2.18. The molecular weight excluding hydrogens is 436 g/mol. The van der Waals surface area contributed by atoms with Crippen LogP contribution < -0.4 is 5.32 Å². The fourth-order valence-electron chi connectivity index (χ4n) is 4.03. The van der Waals surface area contributed by atoms with Crippen LogP contribution in [-0.4, -0.2) is 61.7 Å². The Morgan fingerprint density at radius 3 is 2.42 bits per heavy atom. The van der Waals surface area contributed by atoms with Gasteiger partial charge in [0.2, 0.25) is 0 Å². The molecule has 1 fully saturated rings. The molecule has 1 N–H and O–H groups in total. The Labute approximate surface area is 199 Å². The smallest absolute Gasteiger partial charge is 0.407 e. The maximum absolute atomic E-state index is 13.0. The molecule has 3 atom stereocenters. The summed E-state index contributed by atoms with van der Waals surface area (Å²) in [4.78, 5) is 39.0. The average Bonchev–Trinajstić information content (AvgIpc) is 3.09. The third-order valence-electron chi connectivity index (χ3n) is 5.65. The van der Waals surface area contributed by atoms with Gasteiger partial charge in [-0.2, -0.15) is 0 Å². The molecule has 184 valence electrons. The molecular formula is C25H40N2O5Si. The Bertz CT molecular complexity index is 788. The number of hydrogen-bond acceptors (Lipinski definition) is 6. The van der Waals surface area contributed by atoms with Gasteiger partial charge in [0.1, 0.15) is 17.9 Å². The second-order valence-corrected chi connectivity index (χ2v) is 16.6. The van der Waals surface area contributed by atoms with Crippen molar-refractivity contribution in [1.29, 1.82) is 0 Å². The van der Waals surface area contributed by atoms with Crippen LogP contribution in [0, 0.1) is 0 Å². The normalized spacial score (nSPS) is 20.2. The van der Waals surface area contributed by atoms with Crippen molar-refractivity contribution < 1.29 is 23.9 Å². The summed E-state index contributed by atoms with van der Waals surface area (Å²) in [5.74, 6) is -0.275. The number of rotatable bonds is 10. The summed E-state index contributed by atoms with van der Waals surface area (Å²) < 4.78 is 11.1. The predicted octanol–water partition coefficient (Wildman–Crippen LogP) is 4.38. The zero-order valence-corrected chi connectivity index (χ0v) is 21.9. The van der Waals surface area contributed by atoms with Gasteiger partial charge in [0, 0.05) is 27.1 Å². The highest BCUT2D eigenvalue weighted by molar-refractivity contribution is 6.76. The minimum absolute atomic E-state index is 0.153. The van der Waals surface area contributed by atoms with Gasteiger partial charge in [-0.05, 0) is 45.2 Å². The van der Waals surface area contributed by atoms with Crippen molar-refractivity contribution >= 4 is 26.4 Å². The number of hydrogen-bond donors (Lipinski definition) is 1. The number of nitrogens with one attached hydrogen (secondary N) is 1. The van der Waals surface area contributed by atoms with E-state index in [1.54, 1.807) is 0 Å². The Morgan fingerprint density at radius 2 is 1.85 bits per heavy atom. The van der Waals surface area contributed by atoms with Crippen molar-refractivity contribution in [3.8, 4) is 0 Å². The Hall–Kier alpha value is -2.19. The molecule has 1 heterocycles. The number of aldehydes is 1. The first-order valence-corrected chi connectivity index (χ1v) is 15.5. The van der Waals surface area contributed by atoms with Gasteiger partial charge < -0.3 is 19.6 Å². The maximum Gasteiger partial charge on any atom is 0.407 e. The standard InChI is InChI=1S/C25H40N2O5Si/c1-25(2,3)32-23(29)22-13-12-21(27(22)18-19-10-8-7-9-11-19)20(14-15-28)26-24(30)31-16-17-33(4,5)6/h7-11,15,20-22H,12-14,16-18H2,1-6H3,(H,26,30)/t20-,21-,22-/m0/s1. The summed E-state index contributed by atoms with van der Waals surface area (Å²) >= 11 is 0. The quantitative estimate of drug-likeness (QED) is 0.306. The molecule has 1 aliphatic rings. The van der Waals surface area contributed by atoms with Crippen molar-refractivity contribution in [1.82, 2.24) is 10.2 Å². The number of ether oxygens (including phenoxy) is 2. The van der Waals surface area contributed by atoms with E-state index in [1.165, 1.54) is 0 Å². The number of esters is 1. The first-order valence-electron chi connectivity index (χ1n) is 11.8. The van der Waals surface area contributed by atoms with Crippen LogP contribution in [-0.2, 0) is 25.6 Å². The number of carbonyl (C=O) groups excluding carboxylic acids is 3. The van der Waals surface area contributed by atoms with Crippen LogP contribution in [0.3, 0.4) is 0 Å². The molecule has 0 bridgehead atoms. The minimum atomic E-state index is -1.32. The van der Waals surface area contributed by atoms with E-state index in [9.17, 15) is 14.4 Å². The van der Waals surface area contributed by atoms with Crippen LogP contribution >= 0.6 is 0 Å². The van der Waals surface area contributed by atoms with Crippen LogP contribution in [0.5, 0.6) is 0 Å². The average molecular weight is 477 g/mol. The molecule has 1 amide bonds. The van der Waals surface area contributed by atoms with Gasteiger partial charge in [-0.1, -0.05) is 50.0 Å². The lowest BCUT2D eigenvalue weighted by Crippen LogP contribution is -2.52. The number of nitrogens with zero attached hydrogens (tertiary/aromatic N) is 1. The third-order valence-corrected chi connectivity index (χ3v) is 7.36. The van der Waals surface area contributed by atoms with Gasteiger partial charge in [-0.15, -0.1) is 0 Å². The largest absolute Gasteiger partial charge is 0.459 e. The Morgan fingerprint density at radius 1 is 1.18 bits per heavy atom. The predicted molar refractivity (Wildman–Crippen MR) is 132 cm³/mol. The number of carbonyl (C=O) groups is 3. The van der Waals surface area contributed by atoms with Crippen LogP contribution in [0.15, 0.2) is 30.3 Å². The zero-order valence-electron chi connectivity index (χ0n) is 20.9. The molecule has 1 aromatic carbocycles. The molecule has 0 saturated carbocycles. The molecule has 7 nitrogen and oxygen atoms in total. The topological polar surface area (TPSA) is 84.9 Å². The third kappa shape index (κ3) is 9.29. The SMILES string of the molecule is CC(C)(C)OC(=O)[C@@H]1CC[C@@H]([C@H](CC=O)NC(=O)OCC[Si](C)(C)C)N1Cc1ccccc1. The second kappa shape index (κ2) is 11.8. The highest BCUT2D eigenvalue weighted by Crippen LogP contribution is 2.31. The first-order chi connectivity index (χ1) is 15.4. The molecule has 0 aliphatic carbocycles. The number of benzene rings is 1. The van der Waals surface area contributed by atoms with Crippen molar-refractivity contribution in [2.75, 3.05) is 6.61 Å². The van der Waals surface area contributed by atoms with Crippen LogP contribution in [0.25, 0.3) is 0 Å². The van der Waals surface area contributed by atoms with Crippen LogP contribution in [0.2, 0.25) is 25.7 Å². The van der Waals surface area contributed by atoms with E-state index in [0.717, 1.165) is 17.9 Å². The van der Waals surface area contributed by atoms with Crippen LogP contribution in [0.1, 0.15) is 45.6 Å². The van der Waals surface area contributed by atoms with Gasteiger partial charge in [-0.3, -0.25) is 9.69 Å². The summed E-state index contributed by atoms with van der Waals surface area (Å²) in [6.45, 7) is 13.1. The Kier molecular flexibility index (Phi) is 9.66. The van der Waals surface area contributed by atoms with Gasteiger partial charge in [0.25, 0.3) is 0 Å². The van der Waals surface area contributed by atoms with E-state index in [-0.39, 0.29) is 18.4 Å². The van der Waals surface area contributed by atoms with Gasteiger partial charge in [-0.25, -0.2) is 4.79 Å². The molecule has 0 aromatic heterocycles. The number of alkyl carbamates (subject to hydrolysis) is 1. The minimum Gasteiger partial charge on any atom is -0.459 e. The number of likely N-dealkylation sites (tertiary alicyclic amines) is 1. The summed E-state index contributed by atoms with van der Waals surface area (Å²) in [7, 11) is -1.32. The lowest BCUT2D eigenvalue weighted by molar-refractivity contribution is -0.161. The maximum atomic E-state index is 13.0.